The molecule has 0 bridgehead atoms. The summed E-state index contributed by atoms with van der Waals surface area (Å²) in [5.74, 6) is -0.243. The Morgan fingerprint density at radius 2 is 2.07 bits per heavy atom. The molecule has 0 amide bonds. The predicted molar refractivity (Wildman–Crippen MR) is 56.7 cm³/mol. The minimum absolute atomic E-state index is 0.218. The monoisotopic (exact) mass is 202 g/mol. The molecule has 2 aromatic rings. The summed E-state index contributed by atoms with van der Waals surface area (Å²) >= 11 is 0. The van der Waals surface area contributed by atoms with Crippen molar-refractivity contribution in [2.24, 2.45) is 0 Å². The Labute approximate surface area is 86.2 Å². The van der Waals surface area contributed by atoms with Gasteiger partial charge in [-0.2, -0.15) is 0 Å². The number of aromatic hydroxyl groups is 1. The molecule has 0 saturated heterocycles. The van der Waals surface area contributed by atoms with Gasteiger partial charge in [-0.1, -0.05) is 24.3 Å². The van der Waals surface area contributed by atoms with E-state index < -0.39 is 0 Å². The fourth-order valence-corrected chi connectivity index (χ4v) is 1.49. The number of nitrogens with zero attached hydrogens (tertiary/aromatic N) is 1. The summed E-state index contributed by atoms with van der Waals surface area (Å²) in [6.07, 6.45) is 1.18. The predicted octanol–water partition coefficient (Wildman–Crippen LogP) is 1.45. The molecule has 1 aromatic carbocycles. The first-order chi connectivity index (χ1) is 7.20. The van der Waals surface area contributed by atoms with Gasteiger partial charge in [0.05, 0.1) is 6.33 Å². The second-order valence-corrected chi connectivity index (χ2v) is 3.25. The van der Waals surface area contributed by atoms with Gasteiger partial charge in [-0.3, -0.25) is 4.79 Å². The normalized spacial score (nSPS) is 10.2. The summed E-state index contributed by atoms with van der Waals surface area (Å²) in [5, 5.41) is 9.54. The van der Waals surface area contributed by atoms with Crippen molar-refractivity contribution in [2.45, 2.75) is 6.92 Å². The van der Waals surface area contributed by atoms with Gasteiger partial charge < -0.3 is 10.1 Å². The molecule has 0 fully saturated rings. The van der Waals surface area contributed by atoms with E-state index in [2.05, 4.69) is 9.97 Å². The highest BCUT2D eigenvalue weighted by molar-refractivity contribution is 5.70. The van der Waals surface area contributed by atoms with Crippen molar-refractivity contribution in [1.82, 2.24) is 9.97 Å². The first-order valence-corrected chi connectivity index (χ1v) is 4.53. The number of rotatable bonds is 1. The third kappa shape index (κ3) is 1.61. The zero-order valence-corrected chi connectivity index (χ0v) is 8.19. The van der Waals surface area contributed by atoms with Gasteiger partial charge in [-0.25, -0.2) is 4.98 Å². The summed E-state index contributed by atoms with van der Waals surface area (Å²) in [6.45, 7) is 1.88. The van der Waals surface area contributed by atoms with Crippen molar-refractivity contribution >= 4 is 0 Å². The van der Waals surface area contributed by atoms with Gasteiger partial charge in [0, 0.05) is 0 Å². The van der Waals surface area contributed by atoms with E-state index >= 15 is 0 Å². The SMILES string of the molecule is Cc1ccccc1-c1c(O)nc[nH]c1=O. The second-order valence-electron chi connectivity index (χ2n) is 3.25. The molecular formula is C11H10N2O2. The Morgan fingerprint density at radius 3 is 2.73 bits per heavy atom. The molecule has 0 spiro atoms. The van der Waals surface area contributed by atoms with E-state index in [-0.39, 0.29) is 17.0 Å². The molecule has 76 valence electrons. The highest BCUT2D eigenvalue weighted by atomic mass is 16.3. The van der Waals surface area contributed by atoms with Crippen molar-refractivity contribution in [1.29, 1.82) is 0 Å². The summed E-state index contributed by atoms with van der Waals surface area (Å²) in [7, 11) is 0. The fourth-order valence-electron chi connectivity index (χ4n) is 1.49. The zero-order chi connectivity index (χ0) is 10.8. The van der Waals surface area contributed by atoms with Crippen LogP contribution in [0.15, 0.2) is 35.4 Å². The molecule has 0 saturated carbocycles. The molecule has 0 aliphatic heterocycles. The highest BCUT2D eigenvalue weighted by Gasteiger charge is 2.11. The molecule has 2 N–H and O–H groups in total. The molecule has 0 unspecified atom stereocenters. The lowest BCUT2D eigenvalue weighted by molar-refractivity contribution is 0.453. The first kappa shape index (κ1) is 9.45. The maximum Gasteiger partial charge on any atom is 0.262 e. The lowest BCUT2D eigenvalue weighted by Gasteiger charge is -2.05. The van der Waals surface area contributed by atoms with E-state index in [0.29, 0.717) is 5.56 Å². The lowest BCUT2D eigenvalue weighted by atomic mass is 10.0. The number of aromatic nitrogens is 2. The Morgan fingerprint density at radius 1 is 1.33 bits per heavy atom. The average Bonchev–Trinajstić information content (AvgIpc) is 2.20. The molecule has 2 rings (SSSR count). The van der Waals surface area contributed by atoms with Crippen LogP contribution in [0.4, 0.5) is 0 Å². The number of hydrogen-bond acceptors (Lipinski definition) is 3. The maximum absolute atomic E-state index is 11.5. The van der Waals surface area contributed by atoms with E-state index in [1.54, 1.807) is 6.07 Å². The number of hydrogen-bond donors (Lipinski definition) is 2. The third-order valence-electron chi connectivity index (χ3n) is 2.25. The Balaban J connectivity index is 2.75. The van der Waals surface area contributed by atoms with Crippen molar-refractivity contribution in [3.63, 3.8) is 0 Å². The lowest BCUT2D eigenvalue weighted by Crippen LogP contribution is -2.09. The fraction of sp³-hybridized carbons (Fsp3) is 0.0909. The molecule has 0 atom stereocenters. The summed E-state index contributed by atoms with van der Waals surface area (Å²) in [4.78, 5) is 17.6. The van der Waals surface area contributed by atoms with Crippen molar-refractivity contribution < 1.29 is 5.11 Å². The van der Waals surface area contributed by atoms with Crippen LogP contribution in [0, 0.1) is 6.92 Å². The minimum atomic E-state index is -0.336. The van der Waals surface area contributed by atoms with Crippen LogP contribution in [0.1, 0.15) is 5.56 Å². The smallest absolute Gasteiger partial charge is 0.262 e. The van der Waals surface area contributed by atoms with E-state index in [9.17, 15) is 9.90 Å². The van der Waals surface area contributed by atoms with Crippen LogP contribution in [-0.2, 0) is 0 Å². The highest BCUT2D eigenvalue weighted by Crippen LogP contribution is 2.25. The Kier molecular flexibility index (Phi) is 2.25. The van der Waals surface area contributed by atoms with Gasteiger partial charge in [0.1, 0.15) is 5.56 Å². The molecule has 1 aromatic heterocycles. The van der Waals surface area contributed by atoms with Gasteiger partial charge in [-0.05, 0) is 18.1 Å². The van der Waals surface area contributed by atoms with E-state index in [1.807, 2.05) is 25.1 Å². The molecular weight excluding hydrogens is 192 g/mol. The quantitative estimate of drug-likeness (QED) is 0.735. The van der Waals surface area contributed by atoms with Crippen molar-refractivity contribution in [3.8, 4) is 17.0 Å². The second kappa shape index (κ2) is 3.57. The number of aromatic amines is 1. The Hall–Kier alpha value is -2.10. The van der Waals surface area contributed by atoms with Gasteiger partial charge in [0.15, 0.2) is 0 Å². The standard InChI is InChI=1S/C11H10N2O2/c1-7-4-2-3-5-8(7)9-10(14)12-6-13-11(9)15/h2-6H,1H3,(H2,12,13,14,15). The van der Waals surface area contributed by atoms with Crippen LogP contribution in [-0.4, -0.2) is 15.1 Å². The largest absolute Gasteiger partial charge is 0.493 e. The van der Waals surface area contributed by atoms with Crippen LogP contribution in [0.3, 0.4) is 0 Å². The maximum atomic E-state index is 11.5. The first-order valence-electron chi connectivity index (χ1n) is 4.53. The molecule has 4 nitrogen and oxygen atoms in total. The number of H-pyrrole nitrogens is 1. The number of nitrogens with one attached hydrogen (secondary N) is 1. The van der Waals surface area contributed by atoms with Crippen LogP contribution in [0.5, 0.6) is 5.88 Å². The summed E-state index contributed by atoms with van der Waals surface area (Å²) in [6, 6.07) is 7.34. The van der Waals surface area contributed by atoms with Crippen LogP contribution in [0.2, 0.25) is 0 Å². The van der Waals surface area contributed by atoms with Gasteiger partial charge in [-0.15, -0.1) is 0 Å². The van der Waals surface area contributed by atoms with Gasteiger partial charge in [0.2, 0.25) is 5.88 Å². The summed E-state index contributed by atoms with van der Waals surface area (Å²) in [5.41, 5.74) is 1.50. The van der Waals surface area contributed by atoms with Gasteiger partial charge in [0.25, 0.3) is 5.56 Å². The van der Waals surface area contributed by atoms with E-state index in [0.717, 1.165) is 5.56 Å². The van der Waals surface area contributed by atoms with Crippen LogP contribution >= 0.6 is 0 Å². The molecule has 15 heavy (non-hydrogen) atoms. The van der Waals surface area contributed by atoms with E-state index in [4.69, 9.17) is 0 Å². The number of benzene rings is 1. The van der Waals surface area contributed by atoms with Crippen LogP contribution in [0.25, 0.3) is 11.1 Å². The Bertz CT molecular complexity index is 546. The molecule has 0 aliphatic rings. The third-order valence-corrected chi connectivity index (χ3v) is 2.25. The average molecular weight is 202 g/mol. The zero-order valence-electron chi connectivity index (χ0n) is 8.19. The van der Waals surface area contributed by atoms with Crippen molar-refractivity contribution in [2.75, 3.05) is 0 Å². The molecule has 1 heterocycles. The molecule has 0 radical (unpaired) electrons. The van der Waals surface area contributed by atoms with Crippen LogP contribution < -0.4 is 5.56 Å². The van der Waals surface area contributed by atoms with Gasteiger partial charge >= 0.3 is 0 Å². The van der Waals surface area contributed by atoms with Crippen molar-refractivity contribution in [3.05, 3.63) is 46.5 Å². The minimum Gasteiger partial charge on any atom is -0.493 e. The molecule has 4 heteroatoms. The topological polar surface area (TPSA) is 66.0 Å². The van der Waals surface area contributed by atoms with E-state index in [1.165, 1.54) is 6.33 Å². The summed E-state index contributed by atoms with van der Waals surface area (Å²) < 4.78 is 0. The number of aryl methyl sites for hydroxylation is 1. The molecule has 0 aliphatic carbocycles.